The van der Waals surface area contributed by atoms with Crippen LogP contribution in [0.1, 0.15) is 101 Å². The molecule has 0 bridgehead atoms. The number of hydrogen-bond acceptors (Lipinski definition) is 10. The molecule has 2 saturated heterocycles. The van der Waals surface area contributed by atoms with Crippen LogP contribution in [0.25, 0.3) is 5.76 Å². The number of fused-ring (bicyclic) bond motifs is 4. The van der Waals surface area contributed by atoms with E-state index in [4.69, 9.17) is 34.2 Å². The summed E-state index contributed by atoms with van der Waals surface area (Å²) in [4.78, 5) is 41.4. The van der Waals surface area contributed by atoms with E-state index in [-0.39, 0.29) is 29.4 Å². The summed E-state index contributed by atoms with van der Waals surface area (Å²) in [7, 11) is 0. The summed E-state index contributed by atoms with van der Waals surface area (Å²) < 4.78 is 78.4. The zero-order valence-electron chi connectivity index (χ0n) is 33.8. The Morgan fingerprint density at radius 3 is 2.22 bits per heavy atom. The molecule has 0 radical (unpaired) electrons. The Morgan fingerprint density at radius 1 is 0.948 bits per heavy atom. The number of ether oxygens (including phenoxy) is 6. The smallest absolute Gasteiger partial charge is 0.429 e. The maximum absolute atomic E-state index is 13.9. The van der Waals surface area contributed by atoms with Gasteiger partial charge < -0.3 is 34.2 Å². The van der Waals surface area contributed by atoms with E-state index in [2.05, 4.69) is 27.7 Å². The minimum Gasteiger partial charge on any atom is -0.429 e. The van der Waals surface area contributed by atoms with Crippen LogP contribution >= 0.6 is 0 Å². The number of carbonyl (C=O) groups is 3. The van der Waals surface area contributed by atoms with Crippen molar-refractivity contribution in [3.05, 3.63) is 99.8 Å². The second-order valence-corrected chi connectivity index (χ2v) is 18.9. The topological polar surface area (TPSA) is 139 Å². The van der Waals surface area contributed by atoms with Gasteiger partial charge in [0.2, 0.25) is 0 Å². The molecule has 4 fully saturated rings. The molecule has 2 saturated carbocycles. The van der Waals surface area contributed by atoms with E-state index in [1.54, 1.807) is 45.0 Å². The summed E-state index contributed by atoms with van der Waals surface area (Å²) in [5.74, 6) is -1.90. The van der Waals surface area contributed by atoms with Crippen LogP contribution in [0, 0.1) is 29.1 Å². The van der Waals surface area contributed by atoms with Gasteiger partial charge in [-0.2, -0.15) is 13.2 Å². The molecule has 0 amide bonds. The first-order chi connectivity index (χ1) is 27.0. The monoisotopic (exact) mass is 803 g/mol. The number of halogens is 3. The molecule has 9 rings (SSSR count). The van der Waals surface area contributed by atoms with Crippen molar-refractivity contribution in [3.63, 3.8) is 0 Å². The molecule has 2 spiro atoms. The fourth-order valence-electron chi connectivity index (χ4n) is 11.1. The van der Waals surface area contributed by atoms with Crippen molar-refractivity contribution in [2.75, 3.05) is 0 Å². The SMILES string of the molecule is CCC(C)(C)[C@]12OC1C1OC13[C@@]1(CC1C=C[C@@]1(N)C4=C(CC[C@]31C)C(=O)O/C4=C(/OC(=O)c1ccc(C(F)(F)F)cc1)c1ccc(C)cc1)C2OC(=O)OC(C)(C)C. The number of nitrogens with two attached hydrogens (primary N) is 1. The average Bonchev–Trinajstić information content (AvgIpc) is 4.07. The minimum absolute atomic E-state index is 0.0538. The number of cyclic esters (lactones) is 1. The van der Waals surface area contributed by atoms with Crippen molar-refractivity contribution in [1.82, 2.24) is 0 Å². The Kier molecular flexibility index (Phi) is 7.97. The summed E-state index contributed by atoms with van der Waals surface area (Å²) in [5, 5.41) is 0. The van der Waals surface area contributed by atoms with Crippen LogP contribution in [0.4, 0.5) is 18.0 Å². The van der Waals surface area contributed by atoms with Crippen LogP contribution in [-0.2, 0) is 39.4 Å². The number of rotatable bonds is 6. The van der Waals surface area contributed by atoms with Crippen molar-refractivity contribution in [3.8, 4) is 0 Å². The molecule has 58 heavy (non-hydrogen) atoms. The molecule has 7 aliphatic rings. The molecule has 3 aliphatic heterocycles. The third-order valence-electron chi connectivity index (χ3n) is 14.5. The van der Waals surface area contributed by atoms with E-state index in [0.717, 1.165) is 36.2 Å². The number of aryl methyl sites for hydroxylation is 1. The van der Waals surface area contributed by atoms with Gasteiger partial charge in [-0.25, -0.2) is 14.4 Å². The second kappa shape index (κ2) is 11.8. The highest BCUT2D eigenvalue weighted by molar-refractivity contribution is 6.00. The maximum atomic E-state index is 13.9. The number of epoxide rings is 2. The molecule has 2 N–H and O–H groups in total. The van der Waals surface area contributed by atoms with Crippen LogP contribution in [0.5, 0.6) is 0 Å². The standard InChI is InChI=1S/C45H48F3NO9/c1-9-39(6,7)43-32(56-43)33-44(57-33)40(8)20-19-28-29(42(40,49)21-18-27-22-41(27,44)36(43)55-37(52)58-38(3,4)5)31(54-35(28)51)30(24-12-10-23(2)11-13-24)53-34(50)25-14-16-26(17-15-25)45(46,47)48/h10-18,21,27,32-33,36H,9,19-20,22,49H2,1-8H3/b31-30+/t27?,32?,33?,36?,40-,41+,42+,43-,44?/m0/s1. The summed E-state index contributed by atoms with van der Waals surface area (Å²) >= 11 is 0. The van der Waals surface area contributed by atoms with Gasteiger partial charge in [-0.1, -0.05) is 69.7 Å². The summed E-state index contributed by atoms with van der Waals surface area (Å²) in [6.07, 6.45) is -1.01. The van der Waals surface area contributed by atoms with E-state index < -0.39 is 86.7 Å². The molecule has 4 aliphatic carbocycles. The van der Waals surface area contributed by atoms with Gasteiger partial charge in [0.1, 0.15) is 35.1 Å². The van der Waals surface area contributed by atoms with E-state index in [0.29, 0.717) is 29.6 Å². The Morgan fingerprint density at radius 2 is 1.60 bits per heavy atom. The predicted octanol–water partition coefficient (Wildman–Crippen LogP) is 8.51. The fraction of sp³-hybridized carbons (Fsp3) is 0.533. The summed E-state index contributed by atoms with van der Waals surface area (Å²) in [5.41, 5.74) is 2.43. The van der Waals surface area contributed by atoms with E-state index in [1.165, 1.54) is 0 Å². The van der Waals surface area contributed by atoms with Crippen molar-refractivity contribution in [1.29, 1.82) is 0 Å². The molecular formula is C45H48F3NO9. The van der Waals surface area contributed by atoms with Crippen LogP contribution in [-0.4, -0.2) is 58.7 Å². The number of allylic oxidation sites excluding steroid dienone is 1. The lowest BCUT2D eigenvalue weighted by Gasteiger charge is -2.56. The van der Waals surface area contributed by atoms with E-state index in [1.807, 2.05) is 19.1 Å². The Balaban J connectivity index is 1.18. The van der Waals surface area contributed by atoms with Crippen LogP contribution in [0.3, 0.4) is 0 Å². The predicted molar refractivity (Wildman–Crippen MR) is 202 cm³/mol. The van der Waals surface area contributed by atoms with E-state index in [9.17, 15) is 27.6 Å². The molecule has 10 nitrogen and oxygen atoms in total. The minimum atomic E-state index is -4.60. The van der Waals surface area contributed by atoms with Gasteiger partial charge in [0.25, 0.3) is 0 Å². The molecule has 2 aromatic rings. The maximum Gasteiger partial charge on any atom is 0.509 e. The molecule has 0 aromatic heterocycles. The van der Waals surface area contributed by atoms with Crippen molar-refractivity contribution in [2.45, 2.75) is 128 Å². The first-order valence-electron chi connectivity index (χ1n) is 19.9. The second-order valence-electron chi connectivity index (χ2n) is 18.9. The lowest BCUT2D eigenvalue weighted by molar-refractivity contribution is -0.137. The van der Waals surface area contributed by atoms with Gasteiger partial charge in [0.05, 0.1) is 16.7 Å². The highest BCUT2D eigenvalue weighted by atomic mass is 19.4. The molecule has 9 atom stereocenters. The number of carbonyl (C=O) groups excluding carboxylic acids is 3. The third kappa shape index (κ3) is 4.98. The first-order valence-corrected chi connectivity index (χ1v) is 19.9. The van der Waals surface area contributed by atoms with Gasteiger partial charge in [-0.3, -0.25) is 0 Å². The van der Waals surface area contributed by atoms with Gasteiger partial charge in [-0.05, 0) is 89.0 Å². The normalized spacial score (nSPS) is 37.4. The summed E-state index contributed by atoms with van der Waals surface area (Å²) in [6, 6.07) is 10.7. The average molecular weight is 804 g/mol. The summed E-state index contributed by atoms with van der Waals surface area (Å²) in [6.45, 7) is 15.6. The quantitative estimate of drug-likeness (QED) is 0.0995. The number of esters is 2. The zero-order valence-corrected chi connectivity index (χ0v) is 33.8. The van der Waals surface area contributed by atoms with Gasteiger partial charge in [0.15, 0.2) is 11.5 Å². The fourth-order valence-corrected chi connectivity index (χ4v) is 11.1. The van der Waals surface area contributed by atoms with E-state index >= 15 is 0 Å². The zero-order chi connectivity index (χ0) is 41.8. The lowest BCUT2D eigenvalue weighted by Crippen LogP contribution is -2.70. The Hall–Kier alpha value is -4.46. The van der Waals surface area contributed by atoms with Crippen molar-refractivity contribution in [2.24, 2.45) is 27.9 Å². The first kappa shape index (κ1) is 39.0. The number of benzene rings is 2. The molecule has 3 heterocycles. The van der Waals surface area contributed by atoms with Crippen molar-refractivity contribution >= 4 is 23.9 Å². The number of hydrogen-bond donors (Lipinski definition) is 1. The number of alkyl halides is 3. The molecule has 308 valence electrons. The van der Waals surface area contributed by atoms with Crippen LogP contribution < -0.4 is 5.73 Å². The van der Waals surface area contributed by atoms with Crippen LogP contribution in [0.15, 0.2) is 77.6 Å². The largest absolute Gasteiger partial charge is 0.509 e. The molecule has 5 unspecified atom stereocenters. The highest BCUT2D eigenvalue weighted by Crippen LogP contribution is 2.87. The Bertz CT molecular complexity index is 2250. The highest BCUT2D eigenvalue weighted by Gasteiger charge is 3.00. The third-order valence-corrected chi connectivity index (χ3v) is 14.5. The van der Waals surface area contributed by atoms with Crippen LogP contribution in [0.2, 0.25) is 0 Å². The molecule has 13 heteroatoms. The van der Waals surface area contributed by atoms with Gasteiger partial charge >= 0.3 is 24.3 Å². The molecular weight excluding hydrogens is 755 g/mol. The van der Waals surface area contributed by atoms with Gasteiger partial charge in [-0.15, -0.1) is 0 Å². The van der Waals surface area contributed by atoms with Crippen molar-refractivity contribution < 1.29 is 56.0 Å². The molecule has 2 aromatic carbocycles. The van der Waals surface area contributed by atoms with Gasteiger partial charge in [0, 0.05) is 27.5 Å². The Labute approximate surface area is 334 Å². The lowest BCUT2D eigenvalue weighted by atomic mass is 9.47.